The molecule has 5 heteroatoms. The number of ether oxygens (including phenoxy) is 3. The van der Waals surface area contributed by atoms with Gasteiger partial charge in [0.05, 0.1) is 0 Å². The molecule has 5 nitrogen and oxygen atoms in total. The van der Waals surface area contributed by atoms with Gasteiger partial charge in [0, 0.05) is 6.42 Å². The second kappa shape index (κ2) is 5.23. The van der Waals surface area contributed by atoms with Crippen molar-refractivity contribution in [2.24, 2.45) is 0 Å². The lowest BCUT2D eigenvalue weighted by Gasteiger charge is -2.06. The fraction of sp³-hybridized carbons (Fsp3) is 0.231. The van der Waals surface area contributed by atoms with Gasteiger partial charge in [0.25, 0.3) is 0 Å². The molecule has 0 aliphatic carbocycles. The number of carbonyl (C=O) groups excluding carboxylic acids is 2. The average Bonchev–Trinajstić information content (AvgIpc) is 2.67. The van der Waals surface area contributed by atoms with Crippen LogP contribution in [0.15, 0.2) is 24.3 Å². The lowest BCUT2D eigenvalue weighted by atomic mass is 10.1. The van der Waals surface area contributed by atoms with Crippen molar-refractivity contribution < 1.29 is 23.8 Å². The molecule has 1 aromatic carbocycles. The van der Waals surface area contributed by atoms with Crippen LogP contribution in [0.1, 0.15) is 5.56 Å². The van der Waals surface area contributed by atoms with Gasteiger partial charge in [0.1, 0.15) is 12.4 Å². The Morgan fingerprint density at radius 2 is 2.00 bits per heavy atom. The lowest BCUT2D eigenvalue weighted by Crippen LogP contribution is -2.18. The SMILES string of the molecule is C#CCOc1ccc(C[C@@H]2OC(=O)OC2=O)cc1. The molecule has 0 N–H and O–H groups in total. The van der Waals surface area contributed by atoms with Crippen molar-refractivity contribution in [3.8, 4) is 18.1 Å². The standard InChI is InChI=1S/C13H10O5/c1-2-7-16-10-5-3-9(4-6-10)8-11-12(14)18-13(15)17-11/h1,3-6,11H,7-8H2/t11-/m0/s1. The number of cyclic esters (lactones) is 3. The van der Waals surface area contributed by atoms with Crippen molar-refractivity contribution in [1.82, 2.24) is 0 Å². The quantitative estimate of drug-likeness (QED) is 0.455. The minimum Gasteiger partial charge on any atom is -0.481 e. The third-order valence-corrected chi connectivity index (χ3v) is 2.35. The first kappa shape index (κ1) is 12.0. The van der Waals surface area contributed by atoms with Crippen LogP contribution in [-0.2, 0) is 20.7 Å². The fourth-order valence-corrected chi connectivity index (χ4v) is 1.52. The van der Waals surface area contributed by atoms with Gasteiger partial charge in [-0.15, -0.1) is 6.42 Å². The predicted octanol–water partition coefficient (Wildman–Crippen LogP) is 1.30. The zero-order valence-corrected chi connectivity index (χ0v) is 9.42. The number of hydrogen-bond acceptors (Lipinski definition) is 5. The maximum atomic E-state index is 11.2. The van der Waals surface area contributed by atoms with E-state index in [9.17, 15) is 9.59 Å². The molecule has 1 aliphatic rings. The van der Waals surface area contributed by atoms with Crippen LogP contribution in [-0.4, -0.2) is 24.8 Å². The van der Waals surface area contributed by atoms with Gasteiger partial charge in [0.2, 0.25) is 6.10 Å². The topological polar surface area (TPSA) is 61.8 Å². The minimum absolute atomic E-state index is 0.200. The molecule has 0 unspecified atom stereocenters. The van der Waals surface area contributed by atoms with E-state index in [0.717, 1.165) is 5.56 Å². The van der Waals surface area contributed by atoms with Crippen molar-refractivity contribution in [2.75, 3.05) is 6.61 Å². The molecule has 0 radical (unpaired) electrons. The van der Waals surface area contributed by atoms with Gasteiger partial charge in [-0.3, -0.25) is 0 Å². The molecule has 0 amide bonds. The van der Waals surface area contributed by atoms with Gasteiger partial charge in [0.15, 0.2) is 0 Å². The Balaban J connectivity index is 1.96. The Morgan fingerprint density at radius 3 is 2.56 bits per heavy atom. The number of terminal acetylenes is 1. The predicted molar refractivity (Wildman–Crippen MR) is 60.8 cm³/mol. The summed E-state index contributed by atoms with van der Waals surface area (Å²) in [6, 6.07) is 7.00. The van der Waals surface area contributed by atoms with E-state index in [0.29, 0.717) is 5.75 Å². The zero-order valence-electron chi connectivity index (χ0n) is 9.42. The molecule has 1 aromatic rings. The minimum atomic E-state index is -0.945. The molecule has 1 fully saturated rings. The highest BCUT2D eigenvalue weighted by Crippen LogP contribution is 2.17. The van der Waals surface area contributed by atoms with Crippen LogP contribution in [0, 0.1) is 12.3 Å². The molecule has 0 spiro atoms. The molecule has 18 heavy (non-hydrogen) atoms. The van der Waals surface area contributed by atoms with Gasteiger partial charge < -0.3 is 14.2 Å². The maximum Gasteiger partial charge on any atom is 0.517 e. The van der Waals surface area contributed by atoms with Crippen LogP contribution >= 0.6 is 0 Å². The molecule has 2 rings (SSSR count). The van der Waals surface area contributed by atoms with E-state index in [4.69, 9.17) is 15.9 Å². The Morgan fingerprint density at radius 1 is 1.28 bits per heavy atom. The van der Waals surface area contributed by atoms with E-state index >= 15 is 0 Å². The van der Waals surface area contributed by atoms with Crippen LogP contribution in [0.25, 0.3) is 0 Å². The van der Waals surface area contributed by atoms with Crippen LogP contribution < -0.4 is 4.74 Å². The summed E-state index contributed by atoms with van der Waals surface area (Å²) < 4.78 is 14.2. The van der Waals surface area contributed by atoms with Gasteiger partial charge >= 0.3 is 12.1 Å². The summed E-state index contributed by atoms with van der Waals surface area (Å²) in [4.78, 5) is 21.9. The van der Waals surface area contributed by atoms with Crippen molar-refractivity contribution in [2.45, 2.75) is 12.5 Å². The first-order valence-electron chi connectivity index (χ1n) is 5.26. The smallest absolute Gasteiger partial charge is 0.481 e. The summed E-state index contributed by atoms with van der Waals surface area (Å²) in [7, 11) is 0. The molecule has 1 saturated heterocycles. The number of rotatable bonds is 4. The van der Waals surface area contributed by atoms with Crippen molar-refractivity contribution in [3.63, 3.8) is 0 Å². The Bertz CT molecular complexity index is 497. The van der Waals surface area contributed by atoms with E-state index in [1.807, 2.05) is 0 Å². The zero-order chi connectivity index (χ0) is 13.0. The molecule has 92 valence electrons. The number of benzene rings is 1. The van der Waals surface area contributed by atoms with E-state index in [1.165, 1.54) is 0 Å². The fourth-order valence-electron chi connectivity index (χ4n) is 1.52. The van der Waals surface area contributed by atoms with Gasteiger partial charge in [-0.1, -0.05) is 18.1 Å². The second-order valence-corrected chi connectivity index (χ2v) is 3.62. The normalized spacial score (nSPS) is 17.8. The maximum absolute atomic E-state index is 11.2. The van der Waals surface area contributed by atoms with E-state index in [1.54, 1.807) is 24.3 Å². The molecular weight excluding hydrogens is 236 g/mol. The van der Waals surface area contributed by atoms with Crippen molar-refractivity contribution in [1.29, 1.82) is 0 Å². The summed E-state index contributed by atoms with van der Waals surface area (Å²) in [5, 5.41) is 0. The molecule has 1 atom stereocenters. The van der Waals surface area contributed by atoms with Crippen LogP contribution in [0.4, 0.5) is 4.79 Å². The number of hydrogen-bond donors (Lipinski definition) is 0. The molecule has 1 aliphatic heterocycles. The number of esters is 1. The first-order chi connectivity index (χ1) is 8.69. The van der Waals surface area contributed by atoms with Crippen molar-refractivity contribution in [3.05, 3.63) is 29.8 Å². The van der Waals surface area contributed by atoms with Crippen molar-refractivity contribution >= 4 is 12.1 Å². The monoisotopic (exact) mass is 246 g/mol. The summed E-state index contributed by atoms with van der Waals surface area (Å²) in [5.74, 6) is 2.34. The molecule has 1 heterocycles. The Hall–Kier alpha value is -2.48. The average molecular weight is 246 g/mol. The number of carbonyl (C=O) groups is 2. The van der Waals surface area contributed by atoms with Crippen LogP contribution in [0.2, 0.25) is 0 Å². The van der Waals surface area contributed by atoms with Gasteiger partial charge in [-0.25, -0.2) is 9.59 Å². The molecule has 0 saturated carbocycles. The third kappa shape index (κ3) is 2.80. The summed E-state index contributed by atoms with van der Waals surface area (Å²) in [5.41, 5.74) is 0.833. The molecular formula is C13H10O5. The first-order valence-corrected chi connectivity index (χ1v) is 5.26. The highest BCUT2D eigenvalue weighted by atomic mass is 16.8. The highest BCUT2D eigenvalue weighted by Gasteiger charge is 2.35. The largest absolute Gasteiger partial charge is 0.517 e. The van der Waals surface area contributed by atoms with E-state index < -0.39 is 18.2 Å². The molecule has 0 aromatic heterocycles. The van der Waals surface area contributed by atoms with E-state index in [2.05, 4.69) is 10.7 Å². The second-order valence-electron chi connectivity index (χ2n) is 3.62. The van der Waals surface area contributed by atoms with E-state index in [-0.39, 0.29) is 13.0 Å². The molecule has 0 bridgehead atoms. The highest BCUT2D eigenvalue weighted by molar-refractivity contribution is 5.91. The van der Waals surface area contributed by atoms with Crippen LogP contribution in [0.3, 0.4) is 0 Å². The lowest BCUT2D eigenvalue weighted by molar-refractivity contribution is -0.136. The van der Waals surface area contributed by atoms with Gasteiger partial charge in [-0.05, 0) is 17.7 Å². The summed E-state index contributed by atoms with van der Waals surface area (Å²) >= 11 is 0. The van der Waals surface area contributed by atoms with Crippen LogP contribution in [0.5, 0.6) is 5.75 Å². The summed E-state index contributed by atoms with van der Waals surface area (Å²) in [6.07, 6.45) is 3.54. The Kier molecular flexibility index (Phi) is 3.49. The Labute approximate surface area is 104 Å². The third-order valence-electron chi connectivity index (χ3n) is 2.35. The summed E-state index contributed by atoms with van der Waals surface area (Å²) in [6.45, 7) is 0.200. The van der Waals surface area contributed by atoms with Gasteiger partial charge in [-0.2, -0.15) is 0 Å².